The van der Waals surface area contributed by atoms with E-state index >= 15 is 0 Å². The first-order valence-corrected chi connectivity index (χ1v) is 11.8. The number of hydrogen-bond acceptors (Lipinski definition) is 6. The number of sulfonamides is 1. The van der Waals surface area contributed by atoms with Gasteiger partial charge in [0.2, 0.25) is 5.90 Å². The van der Waals surface area contributed by atoms with E-state index in [1.807, 2.05) is 18.6 Å². The van der Waals surface area contributed by atoms with E-state index in [0.717, 1.165) is 24.8 Å². The topological polar surface area (TPSA) is 106 Å². The number of amides is 1. The molecule has 1 aromatic carbocycles. The summed E-state index contributed by atoms with van der Waals surface area (Å²) in [5, 5.41) is 7.45. The van der Waals surface area contributed by atoms with Crippen LogP contribution in [0.1, 0.15) is 38.2 Å². The van der Waals surface area contributed by atoms with Crippen molar-refractivity contribution < 1.29 is 22.7 Å². The second-order valence-corrected chi connectivity index (χ2v) is 10.4. The second kappa shape index (κ2) is 12.4. The van der Waals surface area contributed by atoms with Crippen LogP contribution in [0, 0.1) is 12.3 Å². The Kier molecular flexibility index (Phi) is 11.0. The lowest BCUT2D eigenvalue weighted by Gasteiger charge is -2.16. The normalized spacial score (nSPS) is 13.1. The number of benzene rings is 1. The molecule has 0 aliphatic heterocycles. The van der Waals surface area contributed by atoms with Crippen LogP contribution < -0.4 is 4.72 Å². The number of rotatable bonds is 10. The highest BCUT2D eigenvalue weighted by atomic mass is 35.6. The van der Waals surface area contributed by atoms with Crippen LogP contribution in [0.15, 0.2) is 41.3 Å². The summed E-state index contributed by atoms with van der Waals surface area (Å²) >= 11 is 16.6. The van der Waals surface area contributed by atoms with E-state index in [1.54, 1.807) is 18.2 Å². The fourth-order valence-electron chi connectivity index (χ4n) is 2.26. The van der Waals surface area contributed by atoms with Gasteiger partial charge in [0, 0.05) is 0 Å². The smallest absolute Gasteiger partial charge is 0.421 e. The maximum absolute atomic E-state index is 12.3. The monoisotopic (exact) mass is 498 g/mol. The number of carbonyl (C=O) groups excluding carboxylic acids is 1. The quantitative estimate of drug-likeness (QED) is 0.150. The molecule has 0 bridgehead atoms. The minimum Gasteiger partial charge on any atom is -0.474 e. The summed E-state index contributed by atoms with van der Waals surface area (Å²) in [4.78, 5) is 12.1. The van der Waals surface area contributed by atoms with E-state index in [1.165, 1.54) is 18.2 Å². The zero-order chi connectivity index (χ0) is 22.8. The zero-order valence-corrected chi connectivity index (χ0v) is 19.7. The van der Waals surface area contributed by atoms with Crippen LogP contribution in [-0.2, 0) is 19.5 Å². The minimum atomic E-state index is -4.05. The van der Waals surface area contributed by atoms with Gasteiger partial charge in [-0.05, 0) is 44.1 Å². The summed E-state index contributed by atoms with van der Waals surface area (Å²) in [7, 11) is -4.05. The summed E-state index contributed by atoms with van der Waals surface area (Å²) in [6.45, 7) is 3.77. The van der Waals surface area contributed by atoms with Crippen LogP contribution in [0.4, 0.5) is 4.79 Å². The zero-order valence-electron chi connectivity index (χ0n) is 16.7. The van der Waals surface area contributed by atoms with Crippen LogP contribution in [0.5, 0.6) is 0 Å². The van der Waals surface area contributed by atoms with Gasteiger partial charge in [-0.3, -0.25) is 5.41 Å². The number of unbranched alkanes of at least 4 members (excludes halogenated alkanes) is 2. The third kappa shape index (κ3) is 10.0. The first kappa shape index (κ1) is 26.6. The minimum absolute atomic E-state index is 0.0401. The molecule has 1 atom stereocenters. The van der Waals surface area contributed by atoms with Crippen LogP contribution in [0.25, 0.3) is 0 Å². The lowest BCUT2D eigenvalue weighted by Crippen LogP contribution is -2.33. The summed E-state index contributed by atoms with van der Waals surface area (Å²) in [5.41, 5.74) is 0.891. The third-order valence-corrected chi connectivity index (χ3v) is 5.67. The molecule has 1 aromatic rings. The van der Waals surface area contributed by atoms with E-state index in [-0.39, 0.29) is 11.5 Å². The molecule has 0 saturated heterocycles. The van der Waals surface area contributed by atoms with Gasteiger partial charge < -0.3 is 9.47 Å². The Hall–Kier alpha value is -1.48. The number of hydrogen-bond donors (Lipinski definition) is 2. The first-order valence-electron chi connectivity index (χ1n) is 9.21. The van der Waals surface area contributed by atoms with Crippen molar-refractivity contribution in [3.05, 3.63) is 42.0 Å². The SMILES string of the molecule is CCCCCC(/C=C/COC(=N)C(Cl)(Cl)Cl)OC(=O)NS(=O)(=O)c1ccc(C)cc1. The van der Waals surface area contributed by atoms with Crippen molar-refractivity contribution in [1.29, 1.82) is 5.41 Å². The van der Waals surface area contributed by atoms with Crippen LogP contribution >= 0.6 is 34.8 Å². The largest absolute Gasteiger partial charge is 0.474 e. The average molecular weight is 500 g/mol. The van der Waals surface area contributed by atoms with Gasteiger partial charge in [-0.25, -0.2) is 17.9 Å². The summed E-state index contributed by atoms with van der Waals surface area (Å²) in [5.74, 6) is -0.539. The summed E-state index contributed by atoms with van der Waals surface area (Å²) in [6.07, 6.45) is 4.42. The van der Waals surface area contributed by atoms with Gasteiger partial charge in [0.05, 0.1) is 4.90 Å². The first-order chi connectivity index (χ1) is 14.0. The second-order valence-electron chi connectivity index (χ2n) is 6.42. The molecule has 11 heteroatoms. The van der Waals surface area contributed by atoms with Crippen molar-refractivity contribution in [1.82, 2.24) is 4.72 Å². The Bertz CT molecular complexity index is 837. The number of carbonyl (C=O) groups is 1. The van der Waals surface area contributed by atoms with Gasteiger partial charge in [0.1, 0.15) is 12.7 Å². The molecule has 2 N–H and O–H groups in total. The van der Waals surface area contributed by atoms with Gasteiger partial charge in [-0.1, -0.05) is 72.3 Å². The number of alkyl halides is 3. The molecule has 0 heterocycles. The molecule has 0 radical (unpaired) electrons. The van der Waals surface area contributed by atoms with Crippen LogP contribution in [0.2, 0.25) is 0 Å². The molecular formula is C19H25Cl3N2O5S. The van der Waals surface area contributed by atoms with Gasteiger partial charge in [0.25, 0.3) is 13.8 Å². The molecule has 7 nitrogen and oxygen atoms in total. The molecule has 1 amide bonds. The number of aryl methyl sites for hydroxylation is 1. The lowest BCUT2D eigenvalue weighted by molar-refractivity contribution is 0.119. The Balaban J connectivity index is 2.71. The fraction of sp³-hybridized carbons (Fsp3) is 0.474. The Morgan fingerprint density at radius 2 is 1.87 bits per heavy atom. The highest BCUT2D eigenvalue weighted by Gasteiger charge is 2.28. The molecule has 1 unspecified atom stereocenters. The molecule has 0 aliphatic carbocycles. The van der Waals surface area contributed by atoms with Crippen LogP contribution in [0.3, 0.4) is 0 Å². The van der Waals surface area contributed by atoms with Crippen molar-refractivity contribution in [3.8, 4) is 0 Å². The molecule has 0 fully saturated rings. The number of nitrogens with one attached hydrogen (secondary N) is 2. The van der Waals surface area contributed by atoms with Crippen molar-refractivity contribution in [2.45, 2.75) is 54.3 Å². The van der Waals surface area contributed by atoms with E-state index in [9.17, 15) is 13.2 Å². The van der Waals surface area contributed by atoms with E-state index < -0.39 is 31.9 Å². The summed E-state index contributed by atoms with van der Waals surface area (Å²) in [6, 6.07) is 6.07. The molecule has 0 aromatic heterocycles. The number of ether oxygens (including phenoxy) is 2. The van der Waals surface area contributed by atoms with Gasteiger partial charge in [-0.2, -0.15) is 0 Å². The van der Waals surface area contributed by atoms with Crippen molar-refractivity contribution in [3.63, 3.8) is 0 Å². The maximum atomic E-state index is 12.3. The Morgan fingerprint density at radius 1 is 1.23 bits per heavy atom. The standard InChI is InChI=1S/C19H25Cl3N2O5S/c1-3-4-5-7-15(8-6-13-28-17(23)19(20,21)22)29-18(25)24-30(26,27)16-11-9-14(2)10-12-16/h6,8-12,15,23H,3-5,7,13H2,1-2H3,(H,24,25)/b8-6+,23-17?. The van der Waals surface area contributed by atoms with Gasteiger partial charge in [0.15, 0.2) is 0 Å². The third-order valence-electron chi connectivity index (χ3n) is 3.83. The van der Waals surface area contributed by atoms with E-state index in [0.29, 0.717) is 6.42 Å². The van der Waals surface area contributed by atoms with Gasteiger partial charge in [-0.15, -0.1) is 0 Å². The van der Waals surface area contributed by atoms with Gasteiger partial charge >= 0.3 is 6.09 Å². The summed E-state index contributed by atoms with van der Waals surface area (Å²) < 4.78 is 34.8. The maximum Gasteiger partial charge on any atom is 0.421 e. The molecule has 30 heavy (non-hydrogen) atoms. The number of halogens is 3. The predicted octanol–water partition coefficient (Wildman–Crippen LogP) is 5.28. The molecular weight excluding hydrogens is 475 g/mol. The molecule has 0 spiro atoms. The predicted molar refractivity (Wildman–Crippen MR) is 119 cm³/mol. The molecule has 0 aliphatic rings. The van der Waals surface area contributed by atoms with E-state index in [4.69, 9.17) is 49.7 Å². The van der Waals surface area contributed by atoms with Crippen molar-refractivity contribution >= 4 is 56.8 Å². The van der Waals surface area contributed by atoms with Crippen molar-refractivity contribution in [2.75, 3.05) is 6.61 Å². The Labute approximate surface area is 192 Å². The fourth-order valence-corrected chi connectivity index (χ4v) is 3.30. The van der Waals surface area contributed by atoms with Crippen molar-refractivity contribution in [2.24, 2.45) is 0 Å². The Morgan fingerprint density at radius 3 is 2.43 bits per heavy atom. The highest BCUT2D eigenvalue weighted by Crippen LogP contribution is 2.27. The molecule has 168 valence electrons. The molecule has 1 rings (SSSR count). The average Bonchev–Trinajstić information content (AvgIpc) is 2.64. The highest BCUT2D eigenvalue weighted by molar-refractivity contribution is 7.90. The lowest BCUT2D eigenvalue weighted by atomic mass is 10.1. The van der Waals surface area contributed by atoms with E-state index in [2.05, 4.69) is 0 Å². The molecule has 0 saturated carbocycles. The van der Waals surface area contributed by atoms with Crippen LogP contribution in [-0.4, -0.2) is 36.9 Å².